The minimum atomic E-state index is -1.00. The van der Waals surface area contributed by atoms with Gasteiger partial charge in [0, 0.05) is 26.2 Å². The minimum absolute atomic E-state index is 0.212. The number of rotatable bonds is 16. The molecule has 0 heterocycles. The fourth-order valence-electron chi connectivity index (χ4n) is 3.11. The molecule has 2 aromatic rings. The van der Waals surface area contributed by atoms with Crippen LogP contribution in [-0.2, 0) is 20.7 Å². The van der Waals surface area contributed by atoms with Crippen LogP contribution in [0.15, 0.2) is 48.5 Å². The van der Waals surface area contributed by atoms with Gasteiger partial charge in [-0.3, -0.25) is 0 Å². The van der Waals surface area contributed by atoms with E-state index in [1.807, 2.05) is 0 Å². The molecule has 9 heteroatoms. The molecule has 35 heavy (non-hydrogen) atoms. The normalized spacial score (nSPS) is 11.6. The monoisotopic (exact) mass is 491 g/mol. The van der Waals surface area contributed by atoms with Crippen LogP contribution in [0.3, 0.4) is 0 Å². The predicted molar refractivity (Wildman–Crippen MR) is 128 cm³/mol. The summed E-state index contributed by atoms with van der Waals surface area (Å²) < 4.78 is 35.1. The largest absolute Gasteiger partial charge is 0.492 e. The molecule has 2 aromatic carbocycles. The van der Waals surface area contributed by atoms with Crippen LogP contribution in [0, 0.1) is 5.82 Å². The summed E-state index contributed by atoms with van der Waals surface area (Å²) in [5.41, 5.74) is 0.812. The lowest BCUT2D eigenvalue weighted by Crippen LogP contribution is -2.39. The predicted octanol–water partition coefficient (Wildman–Crippen LogP) is 4.55. The number of carboxylic acid groups (broad SMARTS) is 1. The van der Waals surface area contributed by atoms with Crippen molar-refractivity contribution in [1.29, 1.82) is 0 Å². The lowest BCUT2D eigenvalue weighted by molar-refractivity contribution is -0.149. The molecule has 0 aliphatic carbocycles. The first-order chi connectivity index (χ1) is 16.9. The van der Waals surface area contributed by atoms with Gasteiger partial charge in [-0.1, -0.05) is 25.5 Å². The number of carboxylic acids is 1. The standard InChI is InChI=1S/C26H34FNO7/c1-3-5-16-32-17-14-28(26(31)35-23-12-8-21(27)9-13-23)15-18-34-22-10-6-20(7-11-22)19-24(25(29)30)33-4-2/h6-13,24H,3-5,14-19H2,1-2H3,(H,29,30). The number of hydrogen-bond acceptors (Lipinski definition) is 6. The second-order valence-corrected chi connectivity index (χ2v) is 7.75. The smallest absolute Gasteiger partial charge is 0.415 e. The van der Waals surface area contributed by atoms with Crippen LogP contribution in [0.1, 0.15) is 32.3 Å². The van der Waals surface area contributed by atoms with Gasteiger partial charge >= 0.3 is 12.1 Å². The van der Waals surface area contributed by atoms with Gasteiger partial charge in [-0.2, -0.15) is 0 Å². The van der Waals surface area contributed by atoms with Crippen molar-refractivity contribution in [1.82, 2.24) is 4.90 Å². The summed E-state index contributed by atoms with van der Waals surface area (Å²) in [5.74, 6) is -0.583. The molecule has 2 rings (SSSR count). The second-order valence-electron chi connectivity index (χ2n) is 7.75. The molecule has 8 nitrogen and oxygen atoms in total. The number of carbonyl (C=O) groups is 2. The molecule has 1 N–H and O–H groups in total. The molecular formula is C26H34FNO7. The fraction of sp³-hybridized carbons (Fsp3) is 0.462. The van der Waals surface area contributed by atoms with Gasteiger partial charge in [0.1, 0.15) is 23.9 Å². The summed E-state index contributed by atoms with van der Waals surface area (Å²) in [6.45, 7) is 5.91. The third-order valence-electron chi connectivity index (χ3n) is 5.04. The number of aliphatic carboxylic acids is 1. The average molecular weight is 492 g/mol. The number of ether oxygens (including phenoxy) is 4. The fourth-order valence-corrected chi connectivity index (χ4v) is 3.11. The molecule has 1 atom stereocenters. The number of carbonyl (C=O) groups excluding carboxylic acids is 1. The van der Waals surface area contributed by atoms with E-state index >= 15 is 0 Å². The highest BCUT2D eigenvalue weighted by Gasteiger charge is 2.18. The van der Waals surface area contributed by atoms with Crippen molar-refractivity contribution in [2.45, 2.75) is 39.2 Å². The van der Waals surface area contributed by atoms with Crippen LogP contribution in [0.5, 0.6) is 11.5 Å². The molecule has 0 aliphatic heterocycles. The molecule has 0 saturated heterocycles. The molecule has 192 valence electrons. The van der Waals surface area contributed by atoms with Crippen molar-refractivity contribution < 1.29 is 38.0 Å². The molecule has 0 radical (unpaired) electrons. The Bertz CT molecular complexity index is 890. The van der Waals surface area contributed by atoms with Gasteiger partial charge in [-0.25, -0.2) is 14.0 Å². The molecule has 1 unspecified atom stereocenters. The summed E-state index contributed by atoms with van der Waals surface area (Å²) in [4.78, 5) is 25.4. The first-order valence-corrected chi connectivity index (χ1v) is 11.8. The Morgan fingerprint density at radius 3 is 2.23 bits per heavy atom. The summed E-state index contributed by atoms with van der Waals surface area (Å²) in [7, 11) is 0. The topological polar surface area (TPSA) is 94.5 Å². The molecule has 0 aromatic heterocycles. The third kappa shape index (κ3) is 10.7. The molecule has 1 amide bonds. The molecular weight excluding hydrogens is 457 g/mol. The van der Waals surface area contributed by atoms with Crippen molar-refractivity contribution in [3.05, 3.63) is 59.9 Å². The number of halogens is 1. The van der Waals surface area contributed by atoms with E-state index in [0.717, 1.165) is 18.4 Å². The van der Waals surface area contributed by atoms with E-state index < -0.39 is 24.0 Å². The second kappa shape index (κ2) is 15.7. The summed E-state index contributed by atoms with van der Waals surface area (Å²) in [6, 6.07) is 12.3. The highest BCUT2D eigenvalue weighted by atomic mass is 19.1. The maximum atomic E-state index is 13.1. The third-order valence-corrected chi connectivity index (χ3v) is 5.04. The van der Waals surface area contributed by atoms with Gasteiger partial charge < -0.3 is 29.0 Å². The van der Waals surface area contributed by atoms with E-state index in [9.17, 15) is 19.1 Å². The zero-order chi connectivity index (χ0) is 25.5. The van der Waals surface area contributed by atoms with Gasteiger partial charge in [0.2, 0.25) is 0 Å². The Balaban J connectivity index is 1.89. The van der Waals surface area contributed by atoms with Gasteiger partial charge in [0.25, 0.3) is 0 Å². The minimum Gasteiger partial charge on any atom is -0.492 e. The van der Waals surface area contributed by atoms with Crippen LogP contribution < -0.4 is 9.47 Å². The van der Waals surface area contributed by atoms with Crippen LogP contribution in [0.2, 0.25) is 0 Å². The van der Waals surface area contributed by atoms with E-state index in [1.54, 1.807) is 31.2 Å². The first kappa shape index (κ1) is 28.1. The van der Waals surface area contributed by atoms with E-state index in [0.29, 0.717) is 32.1 Å². The highest BCUT2D eigenvalue weighted by molar-refractivity contribution is 5.72. The maximum Gasteiger partial charge on any atom is 0.415 e. The Morgan fingerprint density at radius 1 is 0.943 bits per heavy atom. The lowest BCUT2D eigenvalue weighted by atomic mass is 10.1. The summed E-state index contributed by atoms with van der Waals surface area (Å²) in [5, 5.41) is 9.22. The quantitative estimate of drug-likeness (QED) is 0.344. The molecule has 0 bridgehead atoms. The van der Waals surface area contributed by atoms with Gasteiger partial charge in [-0.05, 0) is 55.3 Å². The molecule has 0 aliphatic rings. The Kier molecular flexibility index (Phi) is 12.6. The lowest BCUT2D eigenvalue weighted by Gasteiger charge is -2.22. The number of unbranched alkanes of at least 4 members (excludes halogenated alkanes) is 1. The van der Waals surface area contributed by atoms with E-state index in [4.69, 9.17) is 18.9 Å². The van der Waals surface area contributed by atoms with Crippen molar-refractivity contribution in [2.75, 3.05) is 39.5 Å². The van der Waals surface area contributed by atoms with Crippen molar-refractivity contribution in [3.8, 4) is 11.5 Å². The van der Waals surface area contributed by atoms with Crippen molar-refractivity contribution >= 4 is 12.1 Å². The van der Waals surface area contributed by atoms with Crippen LogP contribution in [-0.4, -0.2) is 67.7 Å². The molecule has 0 spiro atoms. The van der Waals surface area contributed by atoms with Crippen LogP contribution in [0.25, 0.3) is 0 Å². The highest BCUT2D eigenvalue weighted by Crippen LogP contribution is 2.16. The zero-order valence-electron chi connectivity index (χ0n) is 20.3. The van der Waals surface area contributed by atoms with Gasteiger partial charge in [0.05, 0.1) is 13.2 Å². The maximum absolute atomic E-state index is 13.1. The van der Waals surface area contributed by atoms with Crippen LogP contribution >= 0.6 is 0 Å². The van der Waals surface area contributed by atoms with Crippen molar-refractivity contribution in [3.63, 3.8) is 0 Å². The van der Waals surface area contributed by atoms with Crippen LogP contribution in [0.4, 0.5) is 9.18 Å². The Morgan fingerprint density at radius 2 is 1.60 bits per heavy atom. The van der Waals surface area contributed by atoms with E-state index in [2.05, 4.69) is 6.92 Å². The number of hydrogen-bond donors (Lipinski definition) is 1. The van der Waals surface area contributed by atoms with Crippen molar-refractivity contribution in [2.24, 2.45) is 0 Å². The number of benzene rings is 2. The number of amides is 1. The summed E-state index contributed by atoms with van der Waals surface area (Å²) >= 11 is 0. The first-order valence-electron chi connectivity index (χ1n) is 11.8. The zero-order valence-corrected chi connectivity index (χ0v) is 20.3. The molecule has 0 fully saturated rings. The number of nitrogens with zero attached hydrogens (tertiary/aromatic N) is 1. The average Bonchev–Trinajstić information content (AvgIpc) is 2.84. The van der Waals surface area contributed by atoms with Gasteiger partial charge in [0.15, 0.2) is 6.10 Å². The van der Waals surface area contributed by atoms with E-state index in [1.165, 1.54) is 29.2 Å². The Labute approximate surface area is 205 Å². The van der Waals surface area contributed by atoms with Gasteiger partial charge in [-0.15, -0.1) is 0 Å². The molecule has 0 saturated carbocycles. The van der Waals surface area contributed by atoms with E-state index in [-0.39, 0.29) is 25.3 Å². The Hall–Kier alpha value is -3.17. The summed E-state index contributed by atoms with van der Waals surface area (Å²) in [6.07, 6.45) is 0.740. The SMILES string of the molecule is CCCCOCCN(CCOc1ccc(CC(OCC)C(=O)O)cc1)C(=O)Oc1ccc(F)cc1.